The Kier molecular flexibility index (Phi) is 8.35. The fourth-order valence-electron chi connectivity index (χ4n) is 3.65. The van der Waals surface area contributed by atoms with E-state index in [1.54, 1.807) is 44.6 Å². The number of amides is 1. The van der Waals surface area contributed by atoms with Crippen molar-refractivity contribution in [1.29, 1.82) is 0 Å². The van der Waals surface area contributed by atoms with Gasteiger partial charge in [-0.2, -0.15) is 4.31 Å². The molecule has 0 unspecified atom stereocenters. The molecule has 1 saturated heterocycles. The molecule has 0 atom stereocenters. The quantitative estimate of drug-likeness (QED) is 0.583. The fourth-order valence-corrected chi connectivity index (χ4v) is 5.19. The minimum Gasteiger partial charge on any atom is -0.497 e. The van der Waals surface area contributed by atoms with Crippen LogP contribution < -0.4 is 19.5 Å². The summed E-state index contributed by atoms with van der Waals surface area (Å²) in [6.07, 6.45) is 6.72. The standard InChI is InChI=1S/C24H30N2O6S/c1-30-19-14-18(15-20(16-19)31-2)8-11-24(27)25-22-17-21(9-10-23(22)32-3)33(28,29)26-12-6-4-5-7-13-26/h8-11,14-17H,4-7,12-13H2,1-3H3,(H,25,27)/b11-8+. The van der Waals surface area contributed by atoms with Crippen LogP contribution in [-0.4, -0.2) is 53.0 Å². The summed E-state index contributed by atoms with van der Waals surface area (Å²) in [6.45, 7) is 1.01. The second-order valence-electron chi connectivity index (χ2n) is 7.65. The average molecular weight is 475 g/mol. The first-order chi connectivity index (χ1) is 15.9. The highest BCUT2D eigenvalue weighted by molar-refractivity contribution is 7.89. The number of hydrogen-bond acceptors (Lipinski definition) is 6. The van der Waals surface area contributed by atoms with E-state index >= 15 is 0 Å². The van der Waals surface area contributed by atoms with Crippen molar-refractivity contribution >= 4 is 27.7 Å². The molecule has 2 aromatic carbocycles. The molecule has 0 aliphatic carbocycles. The van der Waals surface area contributed by atoms with Gasteiger partial charge in [0, 0.05) is 25.2 Å². The van der Waals surface area contributed by atoms with E-state index in [0.717, 1.165) is 25.7 Å². The third-order valence-corrected chi connectivity index (χ3v) is 7.33. The van der Waals surface area contributed by atoms with Gasteiger partial charge in [0.05, 0.1) is 31.9 Å². The van der Waals surface area contributed by atoms with E-state index in [1.165, 1.54) is 29.6 Å². The molecule has 1 aliphatic rings. The van der Waals surface area contributed by atoms with Crippen LogP contribution in [0.2, 0.25) is 0 Å². The number of nitrogens with one attached hydrogen (secondary N) is 1. The zero-order valence-corrected chi connectivity index (χ0v) is 20.0. The molecule has 0 bridgehead atoms. The van der Waals surface area contributed by atoms with Gasteiger partial charge in [0.2, 0.25) is 15.9 Å². The lowest BCUT2D eigenvalue weighted by Crippen LogP contribution is -2.32. The Balaban J connectivity index is 1.81. The van der Waals surface area contributed by atoms with Crippen LogP contribution in [0.1, 0.15) is 31.2 Å². The van der Waals surface area contributed by atoms with Gasteiger partial charge in [-0.1, -0.05) is 12.8 Å². The number of carbonyl (C=O) groups excluding carboxylic acids is 1. The van der Waals surface area contributed by atoms with Crippen molar-refractivity contribution in [2.24, 2.45) is 0 Å². The summed E-state index contributed by atoms with van der Waals surface area (Å²) in [5, 5.41) is 2.72. The van der Waals surface area contributed by atoms with Crippen LogP contribution in [0.3, 0.4) is 0 Å². The number of sulfonamides is 1. The lowest BCUT2D eigenvalue weighted by molar-refractivity contribution is -0.111. The Bertz CT molecular complexity index is 1080. The molecule has 3 rings (SSSR count). The van der Waals surface area contributed by atoms with Crippen LogP contribution in [0.15, 0.2) is 47.4 Å². The Morgan fingerprint density at radius 1 is 0.909 bits per heavy atom. The number of hydrogen-bond donors (Lipinski definition) is 1. The van der Waals surface area contributed by atoms with Gasteiger partial charge in [-0.25, -0.2) is 8.42 Å². The van der Waals surface area contributed by atoms with Crippen molar-refractivity contribution in [2.75, 3.05) is 39.7 Å². The lowest BCUT2D eigenvalue weighted by Gasteiger charge is -2.21. The number of methoxy groups -OCH3 is 3. The van der Waals surface area contributed by atoms with E-state index in [1.807, 2.05) is 0 Å². The first kappa shape index (κ1) is 24.6. The minimum atomic E-state index is -3.66. The SMILES string of the molecule is COc1cc(/C=C/C(=O)Nc2cc(S(=O)(=O)N3CCCCCC3)ccc2OC)cc(OC)c1. The van der Waals surface area contributed by atoms with Gasteiger partial charge < -0.3 is 19.5 Å². The minimum absolute atomic E-state index is 0.127. The normalized spacial score (nSPS) is 15.1. The predicted octanol–water partition coefficient (Wildman–Crippen LogP) is 3.93. The summed E-state index contributed by atoms with van der Waals surface area (Å²) in [5.74, 6) is 1.14. The highest BCUT2D eigenvalue weighted by Crippen LogP contribution is 2.30. The van der Waals surface area contributed by atoms with Gasteiger partial charge in [0.1, 0.15) is 17.2 Å². The number of benzene rings is 2. The molecule has 1 aliphatic heterocycles. The molecule has 1 N–H and O–H groups in total. The van der Waals surface area contributed by atoms with Crippen molar-refractivity contribution < 1.29 is 27.4 Å². The summed E-state index contributed by atoms with van der Waals surface area (Å²) in [7, 11) is 0.905. The van der Waals surface area contributed by atoms with Gasteiger partial charge in [0.25, 0.3) is 0 Å². The maximum absolute atomic E-state index is 13.1. The molecule has 9 heteroatoms. The summed E-state index contributed by atoms with van der Waals surface area (Å²) in [4.78, 5) is 12.7. The summed E-state index contributed by atoms with van der Waals surface area (Å²) in [5.41, 5.74) is 0.997. The highest BCUT2D eigenvalue weighted by Gasteiger charge is 2.26. The molecule has 8 nitrogen and oxygen atoms in total. The van der Waals surface area contributed by atoms with Crippen molar-refractivity contribution in [1.82, 2.24) is 4.31 Å². The van der Waals surface area contributed by atoms with E-state index < -0.39 is 15.9 Å². The number of nitrogens with zero attached hydrogens (tertiary/aromatic N) is 1. The van der Waals surface area contributed by atoms with Gasteiger partial charge >= 0.3 is 0 Å². The van der Waals surface area contributed by atoms with Crippen LogP contribution in [0.5, 0.6) is 17.2 Å². The Morgan fingerprint density at radius 3 is 2.12 bits per heavy atom. The first-order valence-electron chi connectivity index (χ1n) is 10.8. The maximum Gasteiger partial charge on any atom is 0.248 e. The second kappa shape index (κ2) is 11.2. The molecule has 0 saturated carbocycles. The maximum atomic E-state index is 13.1. The molecule has 0 radical (unpaired) electrons. The monoisotopic (exact) mass is 474 g/mol. The van der Waals surface area contributed by atoms with E-state index in [0.29, 0.717) is 35.9 Å². The molecule has 1 fully saturated rings. The van der Waals surface area contributed by atoms with Crippen molar-refractivity contribution in [3.05, 3.63) is 48.0 Å². The summed E-state index contributed by atoms with van der Waals surface area (Å²) in [6, 6.07) is 9.77. The van der Waals surface area contributed by atoms with Crippen molar-refractivity contribution in [2.45, 2.75) is 30.6 Å². The smallest absolute Gasteiger partial charge is 0.248 e. The van der Waals surface area contributed by atoms with Crippen LogP contribution >= 0.6 is 0 Å². The number of carbonyl (C=O) groups is 1. The number of anilines is 1. The van der Waals surface area contributed by atoms with Crippen LogP contribution in [0, 0.1) is 0 Å². The molecular weight excluding hydrogens is 444 g/mol. The molecular formula is C24H30N2O6S. The van der Waals surface area contributed by atoms with E-state index in [9.17, 15) is 13.2 Å². The molecule has 0 aromatic heterocycles. The van der Waals surface area contributed by atoms with Crippen LogP contribution in [-0.2, 0) is 14.8 Å². The second-order valence-corrected chi connectivity index (χ2v) is 9.59. The highest BCUT2D eigenvalue weighted by atomic mass is 32.2. The summed E-state index contributed by atoms with van der Waals surface area (Å²) >= 11 is 0. The predicted molar refractivity (Wildman–Crippen MR) is 127 cm³/mol. The molecule has 1 amide bonds. The van der Waals surface area contributed by atoms with E-state index in [2.05, 4.69) is 5.32 Å². The Labute approximate surface area is 195 Å². The third kappa shape index (κ3) is 6.27. The zero-order valence-electron chi connectivity index (χ0n) is 19.2. The van der Waals surface area contributed by atoms with E-state index in [-0.39, 0.29) is 10.6 Å². The topological polar surface area (TPSA) is 94.2 Å². The molecule has 2 aromatic rings. The molecule has 33 heavy (non-hydrogen) atoms. The molecule has 1 heterocycles. The average Bonchev–Trinajstić information content (AvgIpc) is 3.12. The van der Waals surface area contributed by atoms with Crippen molar-refractivity contribution in [3.63, 3.8) is 0 Å². The first-order valence-corrected chi connectivity index (χ1v) is 12.2. The fraction of sp³-hybridized carbons (Fsp3) is 0.375. The number of rotatable bonds is 8. The Hall–Kier alpha value is -3.04. The lowest BCUT2D eigenvalue weighted by atomic mass is 10.2. The van der Waals surface area contributed by atoms with Crippen LogP contribution in [0.25, 0.3) is 6.08 Å². The van der Waals surface area contributed by atoms with Gasteiger partial charge in [-0.05, 0) is 54.8 Å². The van der Waals surface area contributed by atoms with Crippen molar-refractivity contribution in [3.8, 4) is 17.2 Å². The summed E-state index contributed by atoms with van der Waals surface area (Å²) < 4.78 is 43.6. The third-order valence-electron chi connectivity index (χ3n) is 5.43. The van der Waals surface area contributed by atoms with Gasteiger partial charge in [-0.15, -0.1) is 0 Å². The number of ether oxygens (including phenoxy) is 3. The van der Waals surface area contributed by atoms with Gasteiger partial charge in [-0.3, -0.25) is 4.79 Å². The molecule has 178 valence electrons. The van der Waals surface area contributed by atoms with E-state index in [4.69, 9.17) is 14.2 Å². The van der Waals surface area contributed by atoms with Gasteiger partial charge in [0.15, 0.2) is 0 Å². The Morgan fingerprint density at radius 2 is 1.55 bits per heavy atom. The zero-order chi connectivity index (χ0) is 23.8. The molecule has 0 spiro atoms. The largest absolute Gasteiger partial charge is 0.497 e. The van der Waals surface area contributed by atoms with Crippen LogP contribution in [0.4, 0.5) is 5.69 Å².